The molecule has 1 aliphatic rings. The van der Waals surface area contributed by atoms with Gasteiger partial charge in [0, 0.05) is 11.7 Å². The molecular weight excluding hydrogens is 202 g/mol. The van der Waals surface area contributed by atoms with Crippen LogP contribution in [0.4, 0.5) is 5.69 Å². The first-order valence-corrected chi connectivity index (χ1v) is 5.50. The molecule has 1 aromatic rings. The van der Waals surface area contributed by atoms with Gasteiger partial charge < -0.3 is 10.4 Å². The van der Waals surface area contributed by atoms with Crippen LogP contribution < -0.4 is 5.32 Å². The lowest BCUT2D eigenvalue weighted by Gasteiger charge is -2.11. The van der Waals surface area contributed by atoms with Gasteiger partial charge in [-0.1, -0.05) is 25.5 Å². The number of aryl methyl sites for hydroxylation is 1. The average Bonchev–Trinajstić information content (AvgIpc) is 2.76. The number of carbonyl (C=O) groups is 1. The third kappa shape index (κ3) is 2.03. The van der Waals surface area contributed by atoms with Crippen LogP contribution in [0.2, 0.25) is 0 Å². The van der Waals surface area contributed by atoms with Crippen LogP contribution in [0, 0.1) is 12.3 Å². The predicted octanol–water partition coefficient (Wildman–Crippen LogP) is 2.90. The minimum absolute atomic E-state index is 0.292. The number of carboxylic acid groups (broad SMARTS) is 1. The Bertz CT molecular complexity index is 438. The fourth-order valence-electron chi connectivity index (χ4n) is 1.86. The zero-order chi connectivity index (χ0) is 11.9. The van der Waals surface area contributed by atoms with Gasteiger partial charge in [-0.3, -0.25) is 0 Å². The van der Waals surface area contributed by atoms with E-state index in [9.17, 15) is 4.79 Å². The summed E-state index contributed by atoms with van der Waals surface area (Å²) in [6.07, 6.45) is 1.10. The maximum atomic E-state index is 11.1. The molecule has 1 aromatic carbocycles. The summed E-state index contributed by atoms with van der Waals surface area (Å²) in [4.78, 5) is 11.1. The molecule has 3 heteroatoms. The van der Waals surface area contributed by atoms with Gasteiger partial charge in [0.05, 0.1) is 5.56 Å². The van der Waals surface area contributed by atoms with Crippen LogP contribution in [0.5, 0.6) is 0 Å². The second-order valence-electron chi connectivity index (χ2n) is 5.24. The lowest BCUT2D eigenvalue weighted by molar-refractivity contribution is 0.0698. The van der Waals surface area contributed by atoms with E-state index in [0.717, 1.165) is 17.7 Å². The molecule has 2 rings (SSSR count). The fourth-order valence-corrected chi connectivity index (χ4v) is 1.86. The molecule has 0 heterocycles. The molecule has 1 unspecified atom stereocenters. The minimum Gasteiger partial charge on any atom is -0.478 e. The van der Waals surface area contributed by atoms with Crippen molar-refractivity contribution < 1.29 is 9.90 Å². The van der Waals surface area contributed by atoms with Crippen molar-refractivity contribution in [3.8, 4) is 0 Å². The second-order valence-corrected chi connectivity index (χ2v) is 5.24. The highest BCUT2D eigenvalue weighted by Gasteiger charge is 2.45. The van der Waals surface area contributed by atoms with E-state index in [1.807, 2.05) is 19.1 Å². The van der Waals surface area contributed by atoms with Crippen molar-refractivity contribution in [1.29, 1.82) is 0 Å². The molecule has 2 N–H and O–H groups in total. The van der Waals surface area contributed by atoms with Crippen molar-refractivity contribution in [3.05, 3.63) is 29.3 Å². The van der Waals surface area contributed by atoms with Crippen molar-refractivity contribution in [3.63, 3.8) is 0 Å². The highest BCUT2D eigenvalue weighted by Crippen LogP contribution is 2.46. The molecule has 0 aliphatic heterocycles. The number of hydrogen-bond acceptors (Lipinski definition) is 2. The Balaban J connectivity index is 2.24. The van der Waals surface area contributed by atoms with E-state index in [1.54, 1.807) is 6.07 Å². The van der Waals surface area contributed by atoms with Crippen molar-refractivity contribution >= 4 is 11.7 Å². The van der Waals surface area contributed by atoms with Crippen molar-refractivity contribution in [2.75, 3.05) is 5.32 Å². The van der Waals surface area contributed by atoms with Crippen LogP contribution >= 0.6 is 0 Å². The van der Waals surface area contributed by atoms with Crippen molar-refractivity contribution in [2.24, 2.45) is 5.41 Å². The van der Waals surface area contributed by atoms with Crippen LogP contribution in [-0.4, -0.2) is 17.1 Å². The Morgan fingerprint density at radius 1 is 1.50 bits per heavy atom. The highest BCUT2D eigenvalue weighted by atomic mass is 16.4. The van der Waals surface area contributed by atoms with Crippen LogP contribution in [0.15, 0.2) is 18.2 Å². The minimum atomic E-state index is -0.871. The Labute approximate surface area is 95.5 Å². The van der Waals surface area contributed by atoms with E-state index in [2.05, 4.69) is 19.2 Å². The standard InChI is InChI=1S/C13H17NO2/c1-8-4-5-10(9(6-8)12(15)16)14-11-7-13(11,2)3/h4-6,11,14H,7H2,1-3H3,(H,15,16). The normalized spacial score (nSPS) is 21.6. The second kappa shape index (κ2) is 3.51. The molecule has 0 saturated heterocycles. The molecule has 1 saturated carbocycles. The SMILES string of the molecule is Cc1ccc(NC2CC2(C)C)c(C(=O)O)c1. The first-order valence-electron chi connectivity index (χ1n) is 5.50. The van der Waals surface area contributed by atoms with Crippen LogP contribution in [-0.2, 0) is 0 Å². The summed E-state index contributed by atoms with van der Waals surface area (Å²) in [6.45, 7) is 6.26. The van der Waals surface area contributed by atoms with Gasteiger partial charge in [-0.05, 0) is 30.9 Å². The van der Waals surface area contributed by atoms with E-state index < -0.39 is 5.97 Å². The average molecular weight is 219 g/mol. The topological polar surface area (TPSA) is 49.3 Å². The van der Waals surface area contributed by atoms with Crippen molar-refractivity contribution in [1.82, 2.24) is 0 Å². The number of anilines is 1. The quantitative estimate of drug-likeness (QED) is 0.821. The summed E-state index contributed by atoms with van der Waals surface area (Å²) < 4.78 is 0. The summed E-state index contributed by atoms with van der Waals surface area (Å²) in [6, 6.07) is 5.89. The van der Waals surface area contributed by atoms with Gasteiger partial charge in [-0.25, -0.2) is 4.79 Å². The van der Waals surface area contributed by atoms with Crippen LogP contribution in [0.25, 0.3) is 0 Å². The lowest BCUT2D eigenvalue weighted by atomic mass is 10.1. The van der Waals surface area contributed by atoms with Gasteiger partial charge in [0.2, 0.25) is 0 Å². The summed E-state index contributed by atoms with van der Waals surface area (Å²) in [5, 5.41) is 12.4. The Hall–Kier alpha value is -1.51. The maximum absolute atomic E-state index is 11.1. The molecule has 86 valence electrons. The number of carboxylic acids is 1. The van der Waals surface area contributed by atoms with Crippen LogP contribution in [0.1, 0.15) is 36.2 Å². The molecule has 16 heavy (non-hydrogen) atoms. The third-order valence-corrected chi connectivity index (χ3v) is 3.25. The molecule has 3 nitrogen and oxygen atoms in total. The first-order chi connectivity index (χ1) is 7.40. The molecule has 0 spiro atoms. The number of hydrogen-bond donors (Lipinski definition) is 2. The van der Waals surface area contributed by atoms with Gasteiger partial charge in [0.1, 0.15) is 0 Å². The van der Waals surface area contributed by atoms with Gasteiger partial charge in [0.15, 0.2) is 0 Å². The predicted molar refractivity (Wildman–Crippen MR) is 63.9 cm³/mol. The van der Waals surface area contributed by atoms with E-state index in [4.69, 9.17) is 5.11 Å². The van der Waals surface area contributed by atoms with Gasteiger partial charge in [-0.15, -0.1) is 0 Å². The maximum Gasteiger partial charge on any atom is 0.337 e. The van der Waals surface area contributed by atoms with Gasteiger partial charge in [0.25, 0.3) is 0 Å². The van der Waals surface area contributed by atoms with E-state index in [1.165, 1.54) is 0 Å². The monoisotopic (exact) mass is 219 g/mol. The zero-order valence-corrected chi connectivity index (χ0v) is 9.87. The fraction of sp³-hybridized carbons (Fsp3) is 0.462. The smallest absolute Gasteiger partial charge is 0.337 e. The Morgan fingerprint density at radius 2 is 2.12 bits per heavy atom. The number of aromatic carboxylic acids is 1. The van der Waals surface area contributed by atoms with E-state index in [-0.39, 0.29) is 0 Å². The first kappa shape index (κ1) is 11.0. The molecular formula is C13H17NO2. The highest BCUT2D eigenvalue weighted by molar-refractivity contribution is 5.94. The zero-order valence-electron chi connectivity index (χ0n) is 9.87. The molecule has 0 aromatic heterocycles. The number of nitrogens with one attached hydrogen (secondary N) is 1. The molecule has 1 atom stereocenters. The Morgan fingerprint density at radius 3 is 2.62 bits per heavy atom. The van der Waals surface area contributed by atoms with Gasteiger partial charge >= 0.3 is 5.97 Å². The largest absolute Gasteiger partial charge is 0.478 e. The molecule has 1 fully saturated rings. The summed E-state index contributed by atoms with van der Waals surface area (Å²) >= 11 is 0. The molecule has 1 aliphatic carbocycles. The molecule has 0 amide bonds. The molecule has 0 radical (unpaired) electrons. The van der Waals surface area contributed by atoms with E-state index in [0.29, 0.717) is 17.0 Å². The van der Waals surface area contributed by atoms with E-state index >= 15 is 0 Å². The summed E-state index contributed by atoms with van der Waals surface area (Å²) in [7, 11) is 0. The molecule has 0 bridgehead atoms. The summed E-state index contributed by atoms with van der Waals surface area (Å²) in [5.41, 5.74) is 2.36. The summed E-state index contributed by atoms with van der Waals surface area (Å²) in [5.74, 6) is -0.871. The lowest BCUT2D eigenvalue weighted by Crippen LogP contribution is -2.12. The number of rotatable bonds is 3. The van der Waals surface area contributed by atoms with Crippen LogP contribution in [0.3, 0.4) is 0 Å². The third-order valence-electron chi connectivity index (χ3n) is 3.25. The number of benzene rings is 1. The van der Waals surface area contributed by atoms with Crippen molar-refractivity contribution in [2.45, 2.75) is 33.2 Å². The van der Waals surface area contributed by atoms with Gasteiger partial charge in [-0.2, -0.15) is 0 Å². The Kier molecular flexibility index (Phi) is 2.41.